The molecule has 2 aromatic rings. The normalized spacial score (nSPS) is 11.2. The van der Waals surface area contributed by atoms with E-state index in [2.05, 4.69) is 17.6 Å². The number of nitrogens with one attached hydrogen (secondary N) is 2. The molecule has 0 saturated heterocycles. The standard InChI is InChI=1S/C19H21F3N2O/c1-2-3-4-5-14-6-10-16(11-7-14)23-18(25)24-17-12-8-15(9-13-17)19(20,21)22/h6-13H,2-5H2,1H3,(H2,23,24,25). The highest BCUT2D eigenvalue weighted by molar-refractivity contribution is 5.99. The van der Waals surface area contributed by atoms with E-state index in [9.17, 15) is 18.0 Å². The Balaban J connectivity index is 1.87. The molecule has 134 valence electrons. The van der Waals surface area contributed by atoms with Gasteiger partial charge in [-0.1, -0.05) is 31.9 Å². The van der Waals surface area contributed by atoms with Gasteiger partial charge in [0, 0.05) is 11.4 Å². The Kier molecular flexibility index (Phi) is 6.44. The molecule has 0 unspecified atom stereocenters. The Morgan fingerprint density at radius 3 is 1.88 bits per heavy atom. The maximum absolute atomic E-state index is 12.5. The molecule has 0 atom stereocenters. The van der Waals surface area contributed by atoms with E-state index < -0.39 is 17.8 Å². The number of benzene rings is 2. The number of carbonyl (C=O) groups is 1. The molecule has 0 radical (unpaired) electrons. The van der Waals surface area contributed by atoms with Crippen molar-refractivity contribution >= 4 is 17.4 Å². The van der Waals surface area contributed by atoms with Gasteiger partial charge in [-0.05, 0) is 54.8 Å². The molecular formula is C19H21F3N2O. The molecule has 0 bridgehead atoms. The Hall–Kier alpha value is -2.50. The lowest BCUT2D eigenvalue weighted by atomic mass is 10.1. The minimum absolute atomic E-state index is 0.293. The van der Waals surface area contributed by atoms with E-state index >= 15 is 0 Å². The van der Waals surface area contributed by atoms with Crippen molar-refractivity contribution in [2.24, 2.45) is 0 Å². The first-order valence-corrected chi connectivity index (χ1v) is 8.22. The van der Waals surface area contributed by atoms with Gasteiger partial charge in [-0.3, -0.25) is 0 Å². The third kappa shape index (κ3) is 6.14. The number of hydrogen-bond donors (Lipinski definition) is 2. The molecule has 2 amide bonds. The van der Waals surface area contributed by atoms with Crippen LogP contribution >= 0.6 is 0 Å². The van der Waals surface area contributed by atoms with E-state index in [-0.39, 0.29) is 0 Å². The van der Waals surface area contributed by atoms with Crippen molar-refractivity contribution in [1.82, 2.24) is 0 Å². The average molecular weight is 350 g/mol. The molecule has 3 nitrogen and oxygen atoms in total. The number of halogens is 3. The summed E-state index contributed by atoms with van der Waals surface area (Å²) in [6, 6.07) is 11.4. The fraction of sp³-hybridized carbons (Fsp3) is 0.316. The van der Waals surface area contributed by atoms with Crippen LogP contribution in [-0.4, -0.2) is 6.03 Å². The Labute approximate surface area is 145 Å². The predicted molar refractivity (Wildman–Crippen MR) is 93.8 cm³/mol. The SMILES string of the molecule is CCCCCc1ccc(NC(=O)Nc2ccc(C(F)(F)F)cc2)cc1. The molecule has 0 aliphatic carbocycles. The van der Waals surface area contributed by atoms with Gasteiger partial charge in [0.25, 0.3) is 0 Å². The highest BCUT2D eigenvalue weighted by atomic mass is 19.4. The second kappa shape index (κ2) is 8.55. The molecule has 6 heteroatoms. The van der Waals surface area contributed by atoms with Gasteiger partial charge < -0.3 is 10.6 Å². The zero-order chi connectivity index (χ0) is 18.3. The van der Waals surface area contributed by atoms with Gasteiger partial charge >= 0.3 is 12.2 Å². The molecule has 0 aliphatic rings. The van der Waals surface area contributed by atoms with Gasteiger partial charge in [0.2, 0.25) is 0 Å². The maximum Gasteiger partial charge on any atom is 0.416 e. The van der Waals surface area contributed by atoms with Gasteiger partial charge in [0.1, 0.15) is 0 Å². The monoisotopic (exact) mass is 350 g/mol. The molecule has 0 spiro atoms. The van der Waals surface area contributed by atoms with Crippen LogP contribution in [0.15, 0.2) is 48.5 Å². The third-order valence-corrected chi connectivity index (χ3v) is 3.75. The zero-order valence-corrected chi connectivity index (χ0v) is 14.0. The Morgan fingerprint density at radius 1 is 0.880 bits per heavy atom. The number of hydrogen-bond acceptors (Lipinski definition) is 1. The summed E-state index contributed by atoms with van der Waals surface area (Å²) in [6.07, 6.45) is 0.114. The van der Waals surface area contributed by atoms with Crippen LogP contribution in [0, 0.1) is 0 Å². The highest BCUT2D eigenvalue weighted by Crippen LogP contribution is 2.29. The summed E-state index contributed by atoms with van der Waals surface area (Å²) in [6.45, 7) is 2.16. The lowest BCUT2D eigenvalue weighted by Gasteiger charge is -2.10. The third-order valence-electron chi connectivity index (χ3n) is 3.75. The quantitative estimate of drug-likeness (QED) is 0.609. The summed E-state index contributed by atoms with van der Waals surface area (Å²) in [4.78, 5) is 11.9. The molecule has 0 heterocycles. The van der Waals surface area contributed by atoms with Crippen LogP contribution < -0.4 is 10.6 Å². The molecule has 2 rings (SSSR count). The van der Waals surface area contributed by atoms with Crippen LogP contribution in [0.3, 0.4) is 0 Å². The van der Waals surface area contributed by atoms with Crippen LogP contribution in [0.25, 0.3) is 0 Å². The maximum atomic E-state index is 12.5. The van der Waals surface area contributed by atoms with Crippen LogP contribution in [0.1, 0.15) is 37.3 Å². The lowest BCUT2D eigenvalue weighted by Crippen LogP contribution is -2.19. The average Bonchev–Trinajstić information content (AvgIpc) is 2.56. The van der Waals surface area contributed by atoms with Crippen molar-refractivity contribution in [3.05, 3.63) is 59.7 Å². The first kappa shape index (κ1) is 18.8. The summed E-state index contributed by atoms with van der Waals surface area (Å²) in [5, 5.41) is 5.17. The highest BCUT2D eigenvalue weighted by Gasteiger charge is 2.29. The van der Waals surface area contributed by atoms with Gasteiger partial charge in [-0.25, -0.2) is 4.79 Å². The second-order valence-corrected chi connectivity index (χ2v) is 5.81. The molecule has 0 aromatic heterocycles. The molecule has 0 saturated carbocycles. The molecular weight excluding hydrogens is 329 g/mol. The lowest BCUT2D eigenvalue weighted by molar-refractivity contribution is -0.137. The summed E-state index contributed by atoms with van der Waals surface area (Å²) in [7, 11) is 0. The summed E-state index contributed by atoms with van der Waals surface area (Å²) in [5.74, 6) is 0. The molecule has 2 aromatic carbocycles. The fourth-order valence-electron chi connectivity index (χ4n) is 2.37. The van der Waals surface area contributed by atoms with Crippen LogP contribution in [-0.2, 0) is 12.6 Å². The van der Waals surface area contributed by atoms with Gasteiger partial charge in [-0.15, -0.1) is 0 Å². The number of alkyl halides is 3. The number of aryl methyl sites for hydroxylation is 1. The molecule has 0 fully saturated rings. The van der Waals surface area contributed by atoms with Gasteiger partial charge in [0.15, 0.2) is 0 Å². The number of carbonyl (C=O) groups excluding carboxylic acids is 1. The smallest absolute Gasteiger partial charge is 0.308 e. The summed E-state index contributed by atoms with van der Waals surface area (Å²) in [5.41, 5.74) is 1.38. The Bertz CT molecular complexity index is 679. The summed E-state index contributed by atoms with van der Waals surface area (Å²) >= 11 is 0. The van der Waals surface area contributed by atoms with Crippen LogP contribution in [0.4, 0.5) is 29.3 Å². The number of amides is 2. The number of unbranched alkanes of at least 4 members (excludes halogenated alkanes) is 2. The van der Waals surface area contributed by atoms with Crippen molar-refractivity contribution in [1.29, 1.82) is 0 Å². The van der Waals surface area contributed by atoms with E-state index in [1.807, 2.05) is 24.3 Å². The first-order chi connectivity index (χ1) is 11.9. The second-order valence-electron chi connectivity index (χ2n) is 5.81. The largest absolute Gasteiger partial charge is 0.416 e. The minimum Gasteiger partial charge on any atom is -0.308 e. The van der Waals surface area contributed by atoms with Gasteiger partial charge in [-0.2, -0.15) is 13.2 Å². The zero-order valence-electron chi connectivity index (χ0n) is 14.0. The number of urea groups is 1. The topological polar surface area (TPSA) is 41.1 Å². The van der Waals surface area contributed by atoms with Crippen LogP contribution in [0.5, 0.6) is 0 Å². The van der Waals surface area contributed by atoms with Crippen molar-refractivity contribution in [2.75, 3.05) is 10.6 Å². The van der Waals surface area contributed by atoms with Crippen molar-refractivity contribution in [2.45, 2.75) is 38.8 Å². The van der Waals surface area contributed by atoms with E-state index in [1.54, 1.807) is 0 Å². The van der Waals surface area contributed by atoms with E-state index in [0.717, 1.165) is 25.0 Å². The number of rotatable bonds is 6. The van der Waals surface area contributed by atoms with Crippen molar-refractivity contribution in [3.8, 4) is 0 Å². The Morgan fingerprint density at radius 2 is 1.40 bits per heavy atom. The number of anilines is 2. The first-order valence-electron chi connectivity index (χ1n) is 8.22. The predicted octanol–water partition coefficient (Wildman–Crippen LogP) is 6.08. The summed E-state index contributed by atoms with van der Waals surface area (Å²) < 4.78 is 37.5. The van der Waals surface area contributed by atoms with Crippen molar-refractivity contribution in [3.63, 3.8) is 0 Å². The molecule has 2 N–H and O–H groups in total. The van der Waals surface area contributed by atoms with Gasteiger partial charge in [0.05, 0.1) is 5.56 Å². The molecule has 25 heavy (non-hydrogen) atoms. The van der Waals surface area contributed by atoms with E-state index in [4.69, 9.17) is 0 Å². The minimum atomic E-state index is -4.39. The van der Waals surface area contributed by atoms with Crippen LogP contribution in [0.2, 0.25) is 0 Å². The molecule has 0 aliphatic heterocycles. The van der Waals surface area contributed by atoms with E-state index in [0.29, 0.717) is 11.4 Å². The van der Waals surface area contributed by atoms with Crippen molar-refractivity contribution < 1.29 is 18.0 Å². The fourth-order valence-corrected chi connectivity index (χ4v) is 2.37. The van der Waals surface area contributed by atoms with E-state index in [1.165, 1.54) is 30.5 Å².